The standard InChI is InChI=1S/C7H8F3N3O2/c1-2-11-13-3-4(7(8,9)10)5(14)12-6(13)15/h3,11H,2H2,1H3,(H,12,14,15). The van der Waals surface area contributed by atoms with Crippen LogP contribution >= 0.6 is 0 Å². The van der Waals surface area contributed by atoms with E-state index < -0.39 is 23.0 Å². The molecule has 0 unspecified atom stereocenters. The van der Waals surface area contributed by atoms with E-state index in [-0.39, 0.29) is 6.54 Å². The van der Waals surface area contributed by atoms with Crippen LogP contribution in [0.2, 0.25) is 0 Å². The van der Waals surface area contributed by atoms with Crippen LogP contribution < -0.4 is 16.7 Å². The van der Waals surface area contributed by atoms with Crippen molar-refractivity contribution in [1.82, 2.24) is 9.66 Å². The van der Waals surface area contributed by atoms with E-state index in [1.54, 1.807) is 11.9 Å². The van der Waals surface area contributed by atoms with Gasteiger partial charge in [-0.2, -0.15) is 13.2 Å². The van der Waals surface area contributed by atoms with Crippen LogP contribution in [0.3, 0.4) is 0 Å². The lowest BCUT2D eigenvalue weighted by Gasteiger charge is -2.09. The second kappa shape index (κ2) is 3.79. The molecular formula is C7H8F3N3O2. The lowest BCUT2D eigenvalue weighted by atomic mass is 10.3. The molecule has 5 nitrogen and oxygen atoms in total. The van der Waals surface area contributed by atoms with Crippen molar-refractivity contribution in [1.29, 1.82) is 0 Å². The van der Waals surface area contributed by atoms with Crippen molar-refractivity contribution < 1.29 is 13.2 Å². The van der Waals surface area contributed by atoms with Crippen molar-refractivity contribution in [3.05, 3.63) is 32.6 Å². The topological polar surface area (TPSA) is 66.9 Å². The molecule has 0 saturated heterocycles. The number of rotatable bonds is 2. The Labute approximate surface area is 81.5 Å². The first-order chi connectivity index (χ1) is 6.86. The average Bonchev–Trinajstić information content (AvgIpc) is 2.07. The smallest absolute Gasteiger partial charge is 0.322 e. The van der Waals surface area contributed by atoms with Crippen LogP contribution in [0.25, 0.3) is 0 Å². The first-order valence-corrected chi connectivity index (χ1v) is 4.03. The Morgan fingerprint density at radius 2 is 2.07 bits per heavy atom. The molecule has 0 aromatic carbocycles. The van der Waals surface area contributed by atoms with Gasteiger partial charge in [0.25, 0.3) is 5.56 Å². The van der Waals surface area contributed by atoms with Gasteiger partial charge in [0.1, 0.15) is 5.56 Å². The highest BCUT2D eigenvalue weighted by Crippen LogP contribution is 2.25. The molecule has 1 aromatic rings. The van der Waals surface area contributed by atoms with Gasteiger partial charge in [0.05, 0.1) is 0 Å². The molecule has 0 spiro atoms. The molecular weight excluding hydrogens is 215 g/mol. The summed E-state index contributed by atoms with van der Waals surface area (Å²) in [6.45, 7) is 1.86. The summed E-state index contributed by atoms with van der Waals surface area (Å²) in [6, 6.07) is 0. The highest BCUT2D eigenvalue weighted by molar-refractivity contribution is 5.09. The largest absolute Gasteiger partial charge is 0.423 e. The van der Waals surface area contributed by atoms with E-state index >= 15 is 0 Å². The molecule has 0 fully saturated rings. The lowest BCUT2D eigenvalue weighted by Crippen LogP contribution is -2.38. The van der Waals surface area contributed by atoms with Crippen molar-refractivity contribution in [3.8, 4) is 0 Å². The van der Waals surface area contributed by atoms with Crippen molar-refractivity contribution in [2.24, 2.45) is 0 Å². The van der Waals surface area contributed by atoms with Gasteiger partial charge in [-0.3, -0.25) is 9.78 Å². The number of halogens is 3. The Kier molecular flexibility index (Phi) is 2.87. The molecule has 1 rings (SSSR count). The minimum absolute atomic E-state index is 0.253. The van der Waals surface area contributed by atoms with Crippen LogP contribution in [0.5, 0.6) is 0 Å². The first-order valence-electron chi connectivity index (χ1n) is 4.03. The molecule has 0 bridgehead atoms. The summed E-state index contributed by atoms with van der Waals surface area (Å²) in [5, 5.41) is 0. The molecule has 2 N–H and O–H groups in total. The van der Waals surface area contributed by atoms with Gasteiger partial charge in [0, 0.05) is 12.7 Å². The molecule has 1 aromatic heterocycles. The van der Waals surface area contributed by atoms with Crippen LogP contribution in [-0.4, -0.2) is 16.2 Å². The molecule has 1 heterocycles. The maximum absolute atomic E-state index is 12.2. The van der Waals surface area contributed by atoms with E-state index in [0.717, 1.165) is 0 Å². The Morgan fingerprint density at radius 1 is 1.47 bits per heavy atom. The van der Waals surface area contributed by atoms with Gasteiger partial charge in [-0.15, -0.1) is 0 Å². The van der Waals surface area contributed by atoms with Crippen LogP contribution in [-0.2, 0) is 6.18 Å². The third kappa shape index (κ3) is 2.39. The predicted molar refractivity (Wildman–Crippen MR) is 46.2 cm³/mol. The van der Waals surface area contributed by atoms with E-state index in [4.69, 9.17) is 0 Å². The second-order valence-electron chi connectivity index (χ2n) is 2.68. The minimum atomic E-state index is -4.78. The molecule has 0 atom stereocenters. The number of aromatic amines is 1. The normalized spacial score (nSPS) is 11.5. The Morgan fingerprint density at radius 3 is 2.53 bits per heavy atom. The molecule has 0 amide bonds. The van der Waals surface area contributed by atoms with E-state index in [1.165, 1.54) is 0 Å². The second-order valence-corrected chi connectivity index (χ2v) is 2.68. The fourth-order valence-electron chi connectivity index (χ4n) is 0.961. The number of alkyl halides is 3. The monoisotopic (exact) mass is 223 g/mol. The van der Waals surface area contributed by atoms with E-state index in [9.17, 15) is 22.8 Å². The lowest BCUT2D eigenvalue weighted by molar-refractivity contribution is -0.139. The molecule has 0 saturated carbocycles. The van der Waals surface area contributed by atoms with E-state index in [2.05, 4.69) is 5.43 Å². The van der Waals surface area contributed by atoms with Gasteiger partial charge in [-0.05, 0) is 6.92 Å². The summed E-state index contributed by atoms with van der Waals surface area (Å²) in [5.41, 5.74) is -1.44. The van der Waals surface area contributed by atoms with E-state index in [0.29, 0.717) is 10.9 Å². The molecule has 0 aliphatic carbocycles. The molecule has 84 valence electrons. The number of nitrogens with zero attached hydrogens (tertiary/aromatic N) is 1. The summed E-state index contributed by atoms with van der Waals surface area (Å²) in [6.07, 6.45) is -4.34. The number of hydrogen-bond donors (Lipinski definition) is 2. The Bertz CT molecular complexity index is 460. The minimum Gasteiger partial charge on any atom is -0.322 e. The van der Waals surface area contributed by atoms with Gasteiger partial charge >= 0.3 is 11.9 Å². The molecule has 0 aliphatic rings. The molecule has 15 heavy (non-hydrogen) atoms. The highest BCUT2D eigenvalue weighted by atomic mass is 19.4. The number of H-pyrrole nitrogens is 1. The van der Waals surface area contributed by atoms with Crippen molar-refractivity contribution in [2.75, 3.05) is 12.0 Å². The van der Waals surface area contributed by atoms with Crippen molar-refractivity contribution in [2.45, 2.75) is 13.1 Å². The number of hydrogen-bond acceptors (Lipinski definition) is 3. The third-order valence-electron chi connectivity index (χ3n) is 1.58. The number of aromatic nitrogens is 2. The zero-order valence-corrected chi connectivity index (χ0v) is 7.68. The molecule has 0 aliphatic heterocycles. The predicted octanol–water partition coefficient (Wildman–Crippen LogP) is 0.119. The molecule has 8 heteroatoms. The first kappa shape index (κ1) is 11.3. The highest BCUT2D eigenvalue weighted by Gasteiger charge is 2.34. The average molecular weight is 223 g/mol. The number of nitrogens with one attached hydrogen (secondary N) is 2. The zero-order chi connectivity index (χ0) is 11.6. The van der Waals surface area contributed by atoms with Gasteiger partial charge in [0.15, 0.2) is 0 Å². The van der Waals surface area contributed by atoms with Crippen molar-refractivity contribution in [3.63, 3.8) is 0 Å². The van der Waals surface area contributed by atoms with Crippen LogP contribution in [0, 0.1) is 0 Å². The zero-order valence-electron chi connectivity index (χ0n) is 7.68. The SMILES string of the molecule is CCNn1cc(C(F)(F)F)c(=O)[nH]c1=O. The summed E-state index contributed by atoms with van der Waals surface area (Å²) >= 11 is 0. The van der Waals surface area contributed by atoms with E-state index in [1.807, 2.05) is 0 Å². The summed E-state index contributed by atoms with van der Waals surface area (Å²) in [7, 11) is 0. The Balaban J connectivity index is 3.37. The van der Waals surface area contributed by atoms with Gasteiger partial charge in [0.2, 0.25) is 0 Å². The van der Waals surface area contributed by atoms with Crippen LogP contribution in [0.4, 0.5) is 13.2 Å². The third-order valence-corrected chi connectivity index (χ3v) is 1.58. The maximum Gasteiger partial charge on any atom is 0.423 e. The fraction of sp³-hybridized carbons (Fsp3) is 0.429. The fourth-order valence-corrected chi connectivity index (χ4v) is 0.961. The van der Waals surface area contributed by atoms with Crippen LogP contribution in [0.1, 0.15) is 12.5 Å². The Hall–Kier alpha value is -1.73. The molecule has 0 radical (unpaired) electrons. The summed E-state index contributed by atoms with van der Waals surface area (Å²) in [4.78, 5) is 23.4. The van der Waals surface area contributed by atoms with Gasteiger partial charge in [-0.1, -0.05) is 0 Å². The van der Waals surface area contributed by atoms with Gasteiger partial charge in [-0.25, -0.2) is 9.47 Å². The quantitative estimate of drug-likeness (QED) is 0.748. The van der Waals surface area contributed by atoms with Crippen molar-refractivity contribution >= 4 is 0 Å². The van der Waals surface area contributed by atoms with Crippen LogP contribution in [0.15, 0.2) is 15.8 Å². The maximum atomic E-state index is 12.2. The summed E-state index contributed by atoms with van der Waals surface area (Å²) in [5.74, 6) is 0. The van der Waals surface area contributed by atoms with Gasteiger partial charge < -0.3 is 5.43 Å². The summed E-state index contributed by atoms with van der Waals surface area (Å²) < 4.78 is 37.3.